The quantitative estimate of drug-likeness (QED) is 0.841. The molecule has 0 heterocycles. The van der Waals surface area contributed by atoms with E-state index in [1.54, 1.807) is 0 Å². The van der Waals surface area contributed by atoms with Gasteiger partial charge in [-0.05, 0) is 31.0 Å². The summed E-state index contributed by atoms with van der Waals surface area (Å²) in [5, 5.41) is 0. The van der Waals surface area contributed by atoms with Gasteiger partial charge in [0.15, 0.2) is 0 Å². The molecule has 1 aromatic rings. The van der Waals surface area contributed by atoms with Gasteiger partial charge in [0.25, 0.3) is 0 Å². The van der Waals surface area contributed by atoms with Crippen molar-refractivity contribution < 1.29 is 0 Å². The highest BCUT2D eigenvalue weighted by atomic mass is 15.1. The van der Waals surface area contributed by atoms with Crippen molar-refractivity contribution in [3.05, 3.63) is 35.4 Å². The summed E-state index contributed by atoms with van der Waals surface area (Å²) < 4.78 is 0. The second-order valence-electron chi connectivity index (χ2n) is 4.87. The molecule has 1 aromatic carbocycles. The third-order valence-corrected chi connectivity index (χ3v) is 3.64. The molecule has 0 radical (unpaired) electrons. The number of hydrogen-bond acceptors (Lipinski definition) is 2. The van der Waals surface area contributed by atoms with Gasteiger partial charge in [-0.2, -0.15) is 0 Å². The highest BCUT2D eigenvalue weighted by molar-refractivity contribution is 5.22. The lowest BCUT2D eigenvalue weighted by Gasteiger charge is -2.24. The summed E-state index contributed by atoms with van der Waals surface area (Å²) in [5.41, 5.74) is 8.20. The van der Waals surface area contributed by atoms with Gasteiger partial charge in [0, 0.05) is 19.1 Å². The Morgan fingerprint density at radius 3 is 2.25 bits per heavy atom. The maximum atomic E-state index is 5.59. The van der Waals surface area contributed by atoms with E-state index in [0.717, 1.165) is 12.6 Å². The summed E-state index contributed by atoms with van der Waals surface area (Å²) in [4.78, 5) is 2.49. The molecule has 0 saturated heterocycles. The van der Waals surface area contributed by atoms with Crippen molar-refractivity contribution in [3.63, 3.8) is 0 Å². The molecule has 0 atom stereocenters. The van der Waals surface area contributed by atoms with Gasteiger partial charge in [0.1, 0.15) is 0 Å². The smallest absolute Gasteiger partial charge is 0.0233 e. The Hall–Kier alpha value is -0.860. The van der Waals surface area contributed by atoms with E-state index in [0.29, 0.717) is 6.54 Å². The zero-order chi connectivity index (χ0) is 11.4. The fraction of sp³-hybridized carbons (Fsp3) is 0.571. The molecule has 1 aliphatic carbocycles. The molecule has 0 aromatic heterocycles. The van der Waals surface area contributed by atoms with Gasteiger partial charge in [-0.25, -0.2) is 0 Å². The topological polar surface area (TPSA) is 29.3 Å². The van der Waals surface area contributed by atoms with Gasteiger partial charge >= 0.3 is 0 Å². The summed E-state index contributed by atoms with van der Waals surface area (Å²) in [6.45, 7) is 1.70. The van der Waals surface area contributed by atoms with Crippen LogP contribution in [0.4, 0.5) is 0 Å². The predicted molar refractivity (Wildman–Crippen MR) is 68.1 cm³/mol. The molecule has 0 aliphatic heterocycles. The molecule has 0 bridgehead atoms. The summed E-state index contributed by atoms with van der Waals surface area (Å²) >= 11 is 0. The zero-order valence-corrected chi connectivity index (χ0v) is 10.2. The van der Waals surface area contributed by atoms with Gasteiger partial charge in [0.2, 0.25) is 0 Å². The van der Waals surface area contributed by atoms with E-state index in [9.17, 15) is 0 Å². The van der Waals surface area contributed by atoms with Crippen LogP contribution in [0.5, 0.6) is 0 Å². The normalized spacial score (nSPS) is 17.2. The summed E-state index contributed by atoms with van der Waals surface area (Å²) in [7, 11) is 2.24. The number of nitrogens with two attached hydrogens (primary N) is 1. The molecule has 1 fully saturated rings. The van der Waals surface area contributed by atoms with Crippen LogP contribution in [0, 0.1) is 0 Å². The minimum atomic E-state index is 0.638. The Morgan fingerprint density at radius 2 is 1.69 bits per heavy atom. The molecule has 1 aliphatic rings. The largest absolute Gasteiger partial charge is 0.326 e. The lowest BCUT2D eigenvalue weighted by molar-refractivity contribution is 0.237. The molecule has 0 unspecified atom stereocenters. The van der Waals surface area contributed by atoms with Crippen molar-refractivity contribution >= 4 is 0 Å². The summed E-state index contributed by atoms with van der Waals surface area (Å²) in [6.07, 6.45) is 5.55. The molecule has 2 heteroatoms. The fourth-order valence-electron chi connectivity index (χ4n) is 2.54. The summed E-state index contributed by atoms with van der Waals surface area (Å²) in [6, 6.07) is 9.48. The van der Waals surface area contributed by atoms with Crippen molar-refractivity contribution in [1.82, 2.24) is 4.90 Å². The van der Waals surface area contributed by atoms with Gasteiger partial charge < -0.3 is 5.73 Å². The lowest BCUT2D eigenvalue weighted by Crippen LogP contribution is -2.28. The molecule has 2 nitrogen and oxygen atoms in total. The highest BCUT2D eigenvalue weighted by Gasteiger charge is 2.19. The SMILES string of the molecule is CN(Cc1ccc(CN)cc1)C1CCCC1. The van der Waals surface area contributed by atoms with Crippen LogP contribution in [0.2, 0.25) is 0 Å². The van der Waals surface area contributed by atoms with Gasteiger partial charge in [-0.3, -0.25) is 4.90 Å². The molecule has 1 saturated carbocycles. The number of nitrogens with zero attached hydrogens (tertiary/aromatic N) is 1. The van der Waals surface area contributed by atoms with Crippen LogP contribution < -0.4 is 5.73 Å². The number of hydrogen-bond donors (Lipinski definition) is 1. The Balaban J connectivity index is 1.92. The maximum Gasteiger partial charge on any atom is 0.0233 e. The molecule has 88 valence electrons. The first-order valence-electron chi connectivity index (χ1n) is 6.27. The third-order valence-electron chi connectivity index (χ3n) is 3.64. The Labute approximate surface area is 98.4 Å². The minimum Gasteiger partial charge on any atom is -0.326 e. The maximum absolute atomic E-state index is 5.59. The van der Waals surface area contributed by atoms with Crippen molar-refractivity contribution in [1.29, 1.82) is 0 Å². The molecule has 2 N–H and O–H groups in total. The zero-order valence-electron chi connectivity index (χ0n) is 10.2. The van der Waals surface area contributed by atoms with E-state index in [1.165, 1.54) is 36.8 Å². The van der Waals surface area contributed by atoms with E-state index in [4.69, 9.17) is 5.73 Å². The molecule has 0 amide bonds. The average molecular weight is 218 g/mol. The number of rotatable bonds is 4. The van der Waals surface area contributed by atoms with Crippen molar-refractivity contribution in [2.45, 2.75) is 44.8 Å². The second-order valence-corrected chi connectivity index (χ2v) is 4.87. The van der Waals surface area contributed by atoms with Crippen molar-refractivity contribution in [3.8, 4) is 0 Å². The standard InChI is InChI=1S/C14H22N2/c1-16(14-4-2-3-5-14)11-13-8-6-12(10-15)7-9-13/h6-9,14H,2-5,10-11,15H2,1H3. The van der Waals surface area contributed by atoms with Crippen molar-refractivity contribution in [2.75, 3.05) is 7.05 Å². The van der Waals surface area contributed by atoms with Crippen molar-refractivity contribution in [2.24, 2.45) is 5.73 Å². The van der Waals surface area contributed by atoms with E-state index >= 15 is 0 Å². The first kappa shape index (κ1) is 11.6. The minimum absolute atomic E-state index is 0.638. The predicted octanol–water partition coefficient (Wildman–Crippen LogP) is 2.52. The van der Waals surface area contributed by atoms with E-state index in [2.05, 4.69) is 36.2 Å². The van der Waals surface area contributed by atoms with Crippen LogP contribution in [0.1, 0.15) is 36.8 Å². The Bertz CT molecular complexity index is 312. The van der Waals surface area contributed by atoms with Gasteiger partial charge in [-0.15, -0.1) is 0 Å². The highest BCUT2D eigenvalue weighted by Crippen LogP contribution is 2.23. The first-order valence-corrected chi connectivity index (χ1v) is 6.27. The fourth-order valence-corrected chi connectivity index (χ4v) is 2.54. The lowest BCUT2D eigenvalue weighted by atomic mass is 10.1. The second kappa shape index (κ2) is 5.46. The van der Waals surface area contributed by atoms with Crippen LogP contribution in [-0.2, 0) is 13.1 Å². The molecular formula is C14H22N2. The van der Waals surface area contributed by atoms with E-state index in [-0.39, 0.29) is 0 Å². The van der Waals surface area contributed by atoms with Crippen LogP contribution in [-0.4, -0.2) is 18.0 Å². The molecular weight excluding hydrogens is 196 g/mol. The monoisotopic (exact) mass is 218 g/mol. The van der Waals surface area contributed by atoms with Gasteiger partial charge in [0.05, 0.1) is 0 Å². The van der Waals surface area contributed by atoms with Crippen LogP contribution >= 0.6 is 0 Å². The molecule has 0 spiro atoms. The number of benzene rings is 1. The first-order chi connectivity index (χ1) is 7.79. The average Bonchev–Trinajstić information content (AvgIpc) is 2.83. The molecule has 2 rings (SSSR count). The van der Waals surface area contributed by atoms with E-state index < -0.39 is 0 Å². The van der Waals surface area contributed by atoms with Crippen LogP contribution in [0.3, 0.4) is 0 Å². The van der Waals surface area contributed by atoms with Gasteiger partial charge in [-0.1, -0.05) is 37.1 Å². The van der Waals surface area contributed by atoms with Crippen LogP contribution in [0.15, 0.2) is 24.3 Å². The third kappa shape index (κ3) is 2.83. The van der Waals surface area contributed by atoms with E-state index in [1.807, 2.05) is 0 Å². The Kier molecular flexibility index (Phi) is 3.97. The van der Waals surface area contributed by atoms with Crippen LogP contribution in [0.25, 0.3) is 0 Å². The molecule has 16 heavy (non-hydrogen) atoms. The summed E-state index contributed by atoms with van der Waals surface area (Å²) in [5.74, 6) is 0. The Morgan fingerprint density at radius 1 is 1.12 bits per heavy atom.